The molecule has 1 saturated carbocycles. The number of ether oxygens (including phenoxy) is 1. The van der Waals surface area contributed by atoms with E-state index in [1.807, 2.05) is 18.7 Å². The van der Waals surface area contributed by atoms with E-state index in [1.54, 1.807) is 0 Å². The van der Waals surface area contributed by atoms with Gasteiger partial charge in [0.25, 0.3) is 0 Å². The van der Waals surface area contributed by atoms with E-state index in [-0.39, 0.29) is 5.97 Å². The summed E-state index contributed by atoms with van der Waals surface area (Å²) in [4.78, 5) is 15.2. The highest BCUT2D eigenvalue weighted by Crippen LogP contribution is 2.32. The Kier molecular flexibility index (Phi) is 5.77. The minimum absolute atomic E-state index is 0.139. The molecule has 0 unspecified atom stereocenters. The molecule has 0 bridgehead atoms. The minimum Gasteiger partial charge on any atom is -0.465 e. The van der Waals surface area contributed by atoms with Gasteiger partial charge in [-0.3, -0.25) is 4.79 Å². The molecule has 0 amide bonds. The average Bonchev–Trinajstić information content (AvgIpc) is 3.24. The van der Waals surface area contributed by atoms with Crippen LogP contribution >= 0.6 is 11.8 Å². The molecule has 0 radical (unpaired) electrons. The van der Waals surface area contributed by atoms with Crippen LogP contribution in [0.1, 0.15) is 26.7 Å². The number of hydrogen-bond donors (Lipinski definition) is 0. The van der Waals surface area contributed by atoms with E-state index in [4.69, 9.17) is 4.74 Å². The molecule has 1 aliphatic carbocycles. The van der Waals surface area contributed by atoms with Gasteiger partial charge >= 0.3 is 5.97 Å². The Morgan fingerprint density at radius 1 is 1.30 bits per heavy atom. The van der Waals surface area contributed by atoms with E-state index >= 15 is 0 Å². The molecule has 0 aliphatic heterocycles. The molecule has 0 saturated heterocycles. The Labute approximate surface area is 125 Å². The molecule has 1 fully saturated rings. The second kappa shape index (κ2) is 7.58. The van der Waals surface area contributed by atoms with Gasteiger partial charge in [0.2, 0.25) is 0 Å². The normalized spacial score (nSPS) is 14.1. The summed E-state index contributed by atoms with van der Waals surface area (Å²) in [5, 5.41) is 0. The molecule has 3 nitrogen and oxygen atoms in total. The standard InChI is InChI=1S/C16H23NO2S/c1-3-19-16(18)12-17(11-13-5-6-13)14-7-9-15(10-8-14)20-4-2/h7-10,13H,3-6,11-12H2,1-2H3. The molecule has 110 valence electrons. The van der Waals surface area contributed by atoms with Crippen LogP contribution in [-0.4, -0.2) is 31.4 Å². The fourth-order valence-corrected chi connectivity index (χ4v) is 2.82. The number of hydrogen-bond acceptors (Lipinski definition) is 4. The maximum absolute atomic E-state index is 11.7. The second-order valence-corrected chi connectivity index (χ2v) is 6.39. The summed E-state index contributed by atoms with van der Waals surface area (Å²) in [6.45, 7) is 5.75. The Bertz CT molecular complexity index is 429. The Balaban J connectivity index is 2.02. The van der Waals surface area contributed by atoms with Crippen LogP contribution in [0.4, 0.5) is 5.69 Å². The van der Waals surface area contributed by atoms with Gasteiger partial charge in [0.05, 0.1) is 6.61 Å². The highest BCUT2D eigenvalue weighted by Gasteiger charge is 2.25. The van der Waals surface area contributed by atoms with Gasteiger partial charge in [-0.1, -0.05) is 6.92 Å². The minimum atomic E-state index is -0.139. The maximum atomic E-state index is 11.7. The lowest BCUT2D eigenvalue weighted by Crippen LogP contribution is -2.32. The highest BCUT2D eigenvalue weighted by atomic mass is 32.2. The van der Waals surface area contributed by atoms with Crippen molar-refractivity contribution < 1.29 is 9.53 Å². The number of thioether (sulfide) groups is 1. The molecule has 4 heteroatoms. The topological polar surface area (TPSA) is 29.5 Å². The Morgan fingerprint density at radius 2 is 2.00 bits per heavy atom. The molecular formula is C16H23NO2S. The van der Waals surface area contributed by atoms with Crippen LogP contribution in [-0.2, 0) is 9.53 Å². The summed E-state index contributed by atoms with van der Waals surface area (Å²) in [6, 6.07) is 8.49. The van der Waals surface area contributed by atoms with Gasteiger partial charge in [0.15, 0.2) is 0 Å². The van der Waals surface area contributed by atoms with Crippen molar-refractivity contribution in [2.75, 3.05) is 30.3 Å². The van der Waals surface area contributed by atoms with Crippen molar-refractivity contribution >= 4 is 23.4 Å². The number of rotatable bonds is 8. The summed E-state index contributed by atoms with van der Waals surface area (Å²) in [5.74, 6) is 1.68. The van der Waals surface area contributed by atoms with Crippen LogP contribution in [0.2, 0.25) is 0 Å². The number of carbonyl (C=O) groups excluding carboxylic acids is 1. The van der Waals surface area contributed by atoms with Gasteiger partial charge in [0.1, 0.15) is 6.54 Å². The van der Waals surface area contributed by atoms with Crippen LogP contribution in [0.15, 0.2) is 29.2 Å². The van der Waals surface area contributed by atoms with Crippen molar-refractivity contribution in [3.05, 3.63) is 24.3 Å². The van der Waals surface area contributed by atoms with Gasteiger partial charge in [-0.25, -0.2) is 0 Å². The van der Waals surface area contributed by atoms with E-state index in [0.29, 0.717) is 13.2 Å². The predicted molar refractivity (Wildman–Crippen MR) is 84.4 cm³/mol. The molecule has 1 aliphatic rings. The Hall–Kier alpha value is -1.16. The molecule has 2 rings (SSSR count). The van der Waals surface area contributed by atoms with E-state index in [0.717, 1.165) is 23.9 Å². The van der Waals surface area contributed by atoms with Gasteiger partial charge in [-0.05, 0) is 55.7 Å². The zero-order valence-electron chi connectivity index (χ0n) is 12.3. The molecule has 1 aromatic carbocycles. The fourth-order valence-electron chi connectivity index (χ4n) is 2.16. The lowest BCUT2D eigenvalue weighted by Gasteiger charge is -2.24. The number of anilines is 1. The third kappa shape index (κ3) is 4.75. The molecule has 0 atom stereocenters. The van der Waals surface area contributed by atoms with Crippen LogP contribution in [0.3, 0.4) is 0 Å². The fraction of sp³-hybridized carbons (Fsp3) is 0.562. The van der Waals surface area contributed by atoms with Crippen molar-refractivity contribution in [3.63, 3.8) is 0 Å². The van der Waals surface area contributed by atoms with Gasteiger partial charge in [-0.15, -0.1) is 11.8 Å². The smallest absolute Gasteiger partial charge is 0.325 e. The van der Waals surface area contributed by atoms with E-state index < -0.39 is 0 Å². The Morgan fingerprint density at radius 3 is 2.55 bits per heavy atom. The lowest BCUT2D eigenvalue weighted by molar-refractivity contribution is -0.141. The number of nitrogens with zero attached hydrogens (tertiary/aromatic N) is 1. The monoisotopic (exact) mass is 293 g/mol. The first-order chi connectivity index (χ1) is 9.72. The predicted octanol–water partition coefficient (Wildman–Crippen LogP) is 3.58. The second-order valence-electron chi connectivity index (χ2n) is 5.06. The summed E-state index contributed by atoms with van der Waals surface area (Å²) < 4.78 is 5.07. The summed E-state index contributed by atoms with van der Waals surface area (Å²) >= 11 is 1.83. The van der Waals surface area contributed by atoms with Crippen molar-refractivity contribution in [1.29, 1.82) is 0 Å². The van der Waals surface area contributed by atoms with Crippen LogP contribution < -0.4 is 4.90 Å². The third-order valence-electron chi connectivity index (χ3n) is 3.31. The zero-order valence-corrected chi connectivity index (χ0v) is 13.1. The molecular weight excluding hydrogens is 270 g/mol. The summed E-state index contributed by atoms with van der Waals surface area (Å²) in [5.41, 5.74) is 1.12. The summed E-state index contributed by atoms with van der Waals surface area (Å²) in [6.07, 6.45) is 2.56. The highest BCUT2D eigenvalue weighted by molar-refractivity contribution is 7.99. The first kappa shape index (κ1) is 15.2. The molecule has 0 heterocycles. The average molecular weight is 293 g/mol. The van der Waals surface area contributed by atoms with Gasteiger partial charge < -0.3 is 9.64 Å². The van der Waals surface area contributed by atoms with Crippen LogP contribution in [0, 0.1) is 5.92 Å². The van der Waals surface area contributed by atoms with Crippen LogP contribution in [0.5, 0.6) is 0 Å². The van der Waals surface area contributed by atoms with Crippen molar-refractivity contribution in [2.45, 2.75) is 31.6 Å². The van der Waals surface area contributed by atoms with Crippen molar-refractivity contribution in [2.24, 2.45) is 5.92 Å². The van der Waals surface area contributed by atoms with E-state index in [1.165, 1.54) is 17.7 Å². The number of carbonyl (C=O) groups is 1. The largest absolute Gasteiger partial charge is 0.465 e. The first-order valence-corrected chi connectivity index (χ1v) is 8.35. The number of esters is 1. The third-order valence-corrected chi connectivity index (χ3v) is 4.21. The van der Waals surface area contributed by atoms with Crippen molar-refractivity contribution in [1.82, 2.24) is 0 Å². The SMILES string of the molecule is CCOC(=O)CN(CC1CC1)c1ccc(SCC)cc1. The molecule has 20 heavy (non-hydrogen) atoms. The molecule has 0 N–H and O–H groups in total. The molecule has 0 aromatic heterocycles. The van der Waals surface area contributed by atoms with E-state index in [9.17, 15) is 4.79 Å². The van der Waals surface area contributed by atoms with Crippen LogP contribution in [0.25, 0.3) is 0 Å². The van der Waals surface area contributed by atoms with Gasteiger partial charge in [-0.2, -0.15) is 0 Å². The van der Waals surface area contributed by atoms with Crippen molar-refractivity contribution in [3.8, 4) is 0 Å². The van der Waals surface area contributed by atoms with E-state index in [2.05, 4.69) is 36.1 Å². The quantitative estimate of drug-likeness (QED) is 0.541. The lowest BCUT2D eigenvalue weighted by atomic mass is 10.2. The van der Waals surface area contributed by atoms with Gasteiger partial charge in [0, 0.05) is 17.1 Å². The molecule has 0 spiro atoms. The zero-order chi connectivity index (χ0) is 14.4. The molecule has 1 aromatic rings. The maximum Gasteiger partial charge on any atom is 0.325 e. The number of benzene rings is 1. The summed E-state index contributed by atoms with van der Waals surface area (Å²) in [7, 11) is 0. The first-order valence-electron chi connectivity index (χ1n) is 7.36.